The van der Waals surface area contributed by atoms with Crippen LogP contribution in [0.5, 0.6) is 0 Å². The third-order valence-electron chi connectivity index (χ3n) is 2.60. The van der Waals surface area contributed by atoms with E-state index in [1.807, 2.05) is 6.07 Å². The lowest BCUT2D eigenvalue weighted by Gasteiger charge is -2.04. The molecule has 0 aliphatic rings. The third-order valence-corrected chi connectivity index (χ3v) is 2.60. The summed E-state index contributed by atoms with van der Waals surface area (Å²) in [4.78, 5) is 0. The number of hydrogen-bond donors (Lipinski definition) is 0. The van der Waals surface area contributed by atoms with Gasteiger partial charge in [0.2, 0.25) is 0 Å². The molecule has 84 valence electrons. The predicted molar refractivity (Wildman–Crippen MR) is 69.0 cm³/mol. The molecular weight excluding hydrogens is 199 g/mol. The summed E-state index contributed by atoms with van der Waals surface area (Å²) in [6.45, 7) is 9.71. The molecule has 0 spiro atoms. The number of aryl methyl sites for hydroxylation is 2. The Morgan fingerprint density at radius 3 is 2.44 bits per heavy atom. The van der Waals surface area contributed by atoms with E-state index in [0.29, 0.717) is 0 Å². The SMILES string of the molecule is C=C(/C=C\C(F)=C/C)c1ccc(C)c(C)c1. The van der Waals surface area contributed by atoms with Crippen LogP contribution < -0.4 is 0 Å². The summed E-state index contributed by atoms with van der Waals surface area (Å²) in [6.07, 6.45) is 4.54. The van der Waals surface area contributed by atoms with Crippen molar-refractivity contribution in [2.24, 2.45) is 0 Å². The van der Waals surface area contributed by atoms with Crippen LogP contribution in [0.15, 0.2) is 48.8 Å². The van der Waals surface area contributed by atoms with Gasteiger partial charge in [0.05, 0.1) is 0 Å². The highest BCUT2D eigenvalue weighted by molar-refractivity contribution is 5.73. The lowest BCUT2D eigenvalue weighted by atomic mass is 10.0. The number of allylic oxidation sites excluding steroid dienone is 5. The molecule has 0 N–H and O–H groups in total. The second kappa shape index (κ2) is 5.45. The first kappa shape index (κ1) is 12.4. The maximum Gasteiger partial charge on any atom is 0.118 e. The second-order valence-electron chi connectivity index (χ2n) is 3.83. The number of hydrogen-bond acceptors (Lipinski definition) is 0. The summed E-state index contributed by atoms with van der Waals surface area (Å²) in [5.41, 5.74) is 4.32. The summed E-state index contributed by atoms with van der Waals surface area (Å²) < 4.78 is 12.9. The molecule has 0 nitrogen and oxygen atoms in total. The van der Waals surface area contributed by atoms with E-state index in [2.05, 4.69) is 32.6 Å². The van der Waals surface area contributed by atoms with E-state index in [1.54, 1.807) is 13.0 Å². The van der Waals surface area contributed by atoms with Crippen molar-refractivity contribution in [3.05, 3.63) is 65.5 Å². The molecular formula is C15H17F. The summed E-state index contributed by atoms with van der Waals surface area (Å²) in [6, 6.07) is 6.12. The van der Waals surface area contributed by atoms with Crippen LogP contribution in [0.4, 0.5) is 4.39 Å². The fourth-order valence-electron chi connectivity index (χ4n) is 1.31. The zero-order valence-corrected chi connectivity index (χ0v) is 10.0. The average Bonchev–Trinajstić information content (AvgIpc) is 2.29. The first-order valence-electron chi connectivity index (χ1n) is 5.31. The average molecular weight is 216 g/mol. The molecule has 0 radical (unpaired) electrons. The number of benzene rings is 1. The Bertz CT molecular complexity index is 451. The molecule has 0 amide bonds. The molecule has 0 fully saturated rings. The Morgan fingerprint density at radius 2 is 1.88 bits per heavy atom. The van der Waals surface area contributed by atoms with Crippen LogP contribution in [0.2, 0.25) is 0 Å². The Morgan fingerprint density at radius 1 is 1.19 bits per heavy atom. The first-order valence-corrected chi connectivity index (χ1v) is 5.31. The zero-order chi connectivity index (χ0) is 12.1. The molecule has 0 aromatic heterocycles. The molecule has 1 heteroatoms. The van der Waals surface area contributed by atoms with Crippen LogP contribution in [0, 0.1) is 13.8 Å². The maximum absolute atomic E-state index is 12.9. The molecule has 16 heavy (non-hydrogen) atoms. The van der Waals surface area contributed by atoms with E-state index in [9.17, 15) is 4.39 Å². The van der Waals surface area contributed by atoms with Crippen molar-refractivity contribution < 1.29 is 4.39 Å². The summed E-state index contributed by atoms with van der Waals surface area (Å²) in [7, 11) is 0. The topological polar surface area (TPSA) is 0 Å². The van der Waals surface area contributed by atoms with Gasteiger partial charge in [0.25, 0.3) is 0 Å². The molecule has 1 rings (SSSR count). The highest BCUT2D eigenvalue weighted by Gasteiger charge is 1.98. The minimum absolute atomic E-state index is 0.245. The van der Waals surface area contributed by atoms with Crippen LogP contribution in [0.25, 0.3) is 5.57 Å². The summed E-state index contributed by atoms with van der Waals surface area (Å²) in [5.74, 6) is -0.245. The van der Waals surface area contributed by atoms with Crippen molar-refractivity contribution in [3.8, 4) is 0 Å². The van der Waals surface area contributed by atoms with Crippen LogP contribution >= 0.6 is 0 Å². The highest BCUT2D eigenvalue weighted by Crippen LogP contribution is 2.18. The van der Waals surface area contributed by atoms with Crippen molar-refractivity contribution in [2.45, 2.75) is 20.8 Å². The van der Waals surface area contributed by atoms with Crippen molar-refractivity contribution in [2.75, 3.05) is 0 Å². The maximum atomic E-state index is 12.9. The Hall–Kier alpha value is -1.63. The molecule has 1 aromatic carbocycles. The van der Waals surface area contributed by atoms with Gasteiger partial charge < -0.3 is 0 Å². The quantitative estimate of drug-likeness (QED) is 0.640. The van der Waals surface area contributed by atoms with E-state index in [-0.39, 0.29) is 5.83 Å². The fourth-order valence-corrected chi connectivity index (χ4v) is 1.31. The predicted octanol–water partition coefficient (Wildman–Crippen LogP) is 4.75. The normalized spacial score (nSPS) is 12.1. The Kier molecular flexibility index (Phi) is 4.24. The third kappa shape index (κ3) is 3.20. The first-order chi connectivity index (χ1) is 7.54. The minimum Gasteiger partial charge on any atom is -0.207 e. The molecule has 0 aliphatic heterocycles. The van der Waals surface area contributed by atoms with Crippen LogP contribution in [0.3, 0.4) is 0 Å². The lowest BCUT2D eigenvalue weighted by molar-refractivity contribution is 0.665. The lowest BCUT2D eigenvalue weighted by Crippen LogP contribution is -1.85. The summed E-state index contributed by atoms with van der Waals surface area (Å²) in [5, 5.41) is 0. The van der Waals surface area contributed by atoms with Gasteiger partial charge in [-0.15, -0.1) is 0 Å². The zero-order valence-electron chi connectivity index (χ0n) is 10.0. The standard InChI is InChI=1S/C15H17F/c1-5-15(16)9-7-12(3)14-8-6-11(2)13(4)10-14/h5-10H,3H2,1-2,4H3/b9-7-,15-5+. The van der Waals surface area contributed by atoms with Crippen LogP contribution in [0.1, 0.15) is 23.6 Å². The molecule has 0 heterocycles. The van der Waals surface area contributed by atoms with Gasteiger partial charge in [-0.3, -0.25) is 0 Å². The van der Waals surface area contributed by atoms with Gasteiger partial charge >= 0.3 is 0 Å². The minimum atomic E-state index is -0.245. The molecule has 0 atom stereocenters. The largest absolute Gasteiger partial charge is 0.207 e. The van der Waals surface area contributed by atoms with E-state index in [4.69, 9.17) is 0 Å². The van der Waals surface area contributed by atoms with Crippen LogP contribution in [-0.4, -0.2) is 0 Å². The van der Waals surface area contributed by atoms with Crippen molar-refractivity contribution in [1.82, 2.24) is 0 Å². The fraction of sp³-hybridized carbons (Fsp3) is 0.200. The monoisotopic (exact) mass is 216 g/mol. The smallest absolute Gasteiger partial charge is 0.118 e. The van der Waals surface area contributed by atoms with Gasteiger partial charge in [-0.25, -0.2) is 4.39 Å². The summed E-state index contributed by atoms with van der Waals surface area (Å²) >= 11 is 0. The Balaban J connectivity index is 2.89. The van der Waals surface area contributed by atoms with Gasteiger partial charge in [-0.05, 0) is 49.1 Å². The van der Waals surface area contributed by atoms with Crippen molar-refractivity contribution in [3.63, 3.8) is 0 Å². The molecule has 0 bridgehead atoms. The van der Waals surface area contributed by atoms with Gasteiger partial charge in [0.1, 0.15) is 5.83 Å². The van der Waals surface area contributed by atoms with Gasteiger partial charge in [0, 0.05) is 0 Å². The van der Waals surface area contributed by atoms with E-state index < -0.39 is 0 Å². The van der Waals surface area contributed by atoms with Gasteiger partial charge in [-0.2, -0.15) is 0 Å². The van der Waals surface area contributed by atoms with Crippen LogP contribution in [-0.2, 0) is 0 Å². The Labute approximate surface area is 96.8 Å². The second-order valence-corrected chi connectivity index (χ2v) is 3.83. The molecule has 0 saturated heterocycles. The van der Waals surface area contributed by atoms with Crippen molar-refractivity contribution in [1.29, 1.82) is 0 Å². The highest BCUT2D eigenvalue weighted by atomic mass is 19.1. The van der Waals surface area contributed by atoms with E-state index in [0.717, 1.165) is 11.1 Å². The molecule has 0 aliphatic carbocycles. The molecule has 0 saturated carbocycles. The molecule has 1 aromatic rings. The van der Waals surface area contributed by atoms with Crippen molar-refractivity contribution >= 4 is 5.57 Å². The van der Waals surface area contributed by atoms with E-state index >= 15 is 0 Å². The number of halogens is 1. The van der Waals surface area contributed by atoms with Gasteiger partial charge in [0.15, 0.2) is 0 Å². The molecule has 0 unspecified atom stereocenters. The van der Waals surface area contributed by atoms with E-state index in [1.165, 1.54) is 23.3 Å². The number of rotatable bonds is 3. The van der Waals surface area contributed by atoms with Gasteiger partial charge in [-0.1, -0.05) is 36.9 Å².